The second-order valence-corrected chi connectivity index (χ2v) is 7.00. The van der Waals surface area contributed by atoms with Crippen molar-refractivity contribution in [2.24, 2.45) is 5.92 Å². The van der Waals surface area contributed by atoms with Crippen molar-refractivity contribution >= 4 is 17.9 Å². The minimum absolute atomic E-state index is 0.0294. The van der Waals surface area contributed by atoms with Crippen LogP contribution in [-0.4, -0.2) is 66.5 Å². The first-order valence-electron chi connectivity index (χ1n) is 8.27. The van der Waals surface area contributed by atoms with Gasteiger partial charge >= 0.3 is 6.09 Å². The molecule has 7 nitrogen and oxygen atoms in total. The van der Waals surface area contributed by atoms with E-state index >= 15 is 0 Å². The van der Waals surface area contributed by atoms with Gasteiger partial charge in [-0.25, -0.2) is 4.79 Å². The van der Waals surface area contributed by atoms with E-state index in [4.69, 9.17) is 4.74 Å². The highest BCUT2D eigenvalue weighted by Crippen LogP contribution is 2.17. The second-order valence-electron chi connectivity index (χ2n) is 7.00. The molecule has 0 spiro atoms. The molecule has 0 unspecified atom stereocenters. The van der Waals surface area contributed by atoms with E-state index in [0.717, 1.165) is 0 Å². The molecule has 0 aromatic carbocycles. The number of hydrogen-bond donors (Lipinski definition) is 1. The van der Waals surface area contributed by atoms with Gasteiger partial charge in [0.2, 0.25) is 11.8 Å². The molecule has 0 atom stereocenters. The molecule has 0 bridgehead atoms. The molecule has 3 amide bonds. The number of rotatable bonds is 5. The van der Waals surface area contributed by atoms with E-state index in [1.54, 1.807) is 11.9 Å². The van der Waals surface area contributed by atoms with Crippen molar-refractivity contribution in [2.75, 3.05) is 33.2 Å². The number of nitrogens with one attached hydrogen (secondary N) is 1. The summed E-state index contributed by atoms with van der Waals surface area (Å²) in [6.45, 7) is 10.8. The van der Waals surface area contributed by atoms with E-state index in [1.165, 1.54) is 11.0 Å². The molecule has 136 valence electrons. The summed E-state index contributed by atoms with van der Waals surface area (Å²) < 4.78 is 5.25. The molecule has 0 radical (unpaired) electrons. The van der Waals surface area contributed by atoms with Gasteiger partial charge in [0.15, 0.2) is 0 Å². The van der Waals surface area contributed by atoms with Crippen molar-refractivity contribution in [2.45, 2.75) is 39.2 Å². The minimum atomic E-state index is -0.536. The fourth-order valence-corrected chi connectivity index (χ4v) is 2.41. The highest BCUT2D eigenvalue weighted by atomic mass is 16.6. The zero-order valence-corrected chi connectivity index (χ0v) is 15.1. The normalized spacial score (nSPS) is 15.6. The van der Waals surface area contributed by atoms with Gasteiger partial charge in [0.1, 0.15) is 5.60 Å². The summed E-state index contributed by atoms with van der Waals surface area (Å²) in [5.74, 6) is -0.211. The van der Waals surface area contributed by atoms with Crippen molar-refractivity contribution in [1.29, 1.82) is 0 Å². The fourth-order valence-electron chi connectivity index (χ4n) is 2.41. The number of piperidine rings is 1. The maximum atomic E-state index is 12.2. The third-order valence-corrected chi connectivity index (χ3v) is 3.80. The molecule has 1 rings (SSSR count). The Kier molecular flexibility index (Phi) is 7.25. The number of hydrogen-bond acceptors (Lipinski definition) is 4. The van der Waals surface area contributed by atoms with E-state index in [-0.39, 0.29) is 17.7 Å². The summed E-state index contributed by atoms with van der Waals surface area (Å²) in [6.07, 6.45) is 2.18. The third-order valence-electron chi connectivity index (χ3n) is 3.80. The molecule has 0 saturated carbocycles. The SMILES string of the molecule is C=CC(=O)N1CCC(C(=O)NCCN(C)C(=O)OC(C)(C)C)CC1. The molecule has 1 fully saturated rings. The summed E-state index contributed by atoms with van der Waals surface area (Å²) in [5.41, 5.74) is -0.536. The third kappa shape index (κ3) is 6.60. The lowest BCUT2D eigenvalue weighted by molar-refractivity contribution is -0.132. The molecule has 1 N–H and O–H groups in total. The second kappa shape index (κ2) is 8.70. The molecule has 0 aliphatic carbocycles. The molecular weight excluding hydrogens is 310 g/mol. The molecule has 1 saturated heterocycles. The molecule has 7 heteroatoms. The number of carbonyl (C=O) groups excluding carboxylic acids is 3. The molecule has 0 aromatic rings. The van der Waals surface area contributed by atoms with E-state index < -0.39 is 11.7 Å². The molecule has 1 heterocycles. The van der Waals surface area contributed by atoms with E-state index in [2.05, 4.69) is 11.9 Å². The van der Waals surface area contributed by atoms with Crippen LogP contribution in [0.3, 0.4) is 0 Å². The average molecular weight is 339 g/mol. The molecular formula is C17H29N3O4. The predicted octanol–water partition coefficient (Wildman–Crippen LogP) is 1.39. The number of ether oxygens (including phenoxy) is 1. The van der Waals surface area contributed by atoms with Gasteiger partial charge in [0.05, 0.1) is 0 Å². The van der Waals surface area contributed by atoms with Crippen molar-refractivity contribution in [3.63, 3.8) is 0 Å². The zero-order valence-electron chi connectivity index (χ0n) is 15.1. The highest BCUT2D eigenvalue weighted by molar-refractivity contribution is 5.87. The van der Waals surface area contributed by atoms with Crippen molar-refractivity contribution in [1.82, 2.24) is 15.1 Å². The van der Waals surface area contributed by atoms with E-state index in [9.17, 15) is 14.4 Å². The number of amides is 3. The number of carbonyl (C=O) groups is 3. The molecule has 0 aromatic heterocycles. The summed E-state index contributed by atoms with van der Waals surface area (Å²) >= 11 is 0. The van der Waals surface area contributed by atoms with Gasteiger partial charge in [0.25, 0.3) is 0 Å². The Balaban J connectivity index is 2.28. The van der Waals surface area contributed by atoms with Gasteiger partial charge in [-0.1, -0.05) is 6.58 Å². The topological polar surface area (TPSA) is 79.0 Å². The lowest BCUT2D eigenvalue weighted by Gasteiger charge is -2.30. The van der Waals surface area contributed by atoms with Crippen molar-refractivity contribution in [3.8, 4) is 0 Å². The van der Waals surface area contributed by atoms with Gasteiger partial charge in [-0.2, -0.15) is 0 Å². The maximum absolute atomic E-state index is 12.2. The largest absolute Gasteiger partial charge is 0.444 e. The first kappa shape index (κ1) is 20.0. The van der Waals surface area contributed by atoms with Gasteiger partial charge in [0, 0.05) is 39.1 Å². The summed E-state index contributed by atoms with van der Waals surface area (Å²) in [4.78, 5) is 38.6. The Labute approximate surface area is 144 Å². The van der Waals surface area contributed by atoms with Crippen LogP contribution in [0.2, 0.25) is 0 Å². The van der Waals surface area contributed by atoms with Crippen molar-refractivity contribution < 1.29 is 19.1 Å². The Bertz CT molecular complexity index is 477. The van der Waals surface area contributed by atoms with Crippen LogP contribution in [0.4, 0.5) is 4.79 Å². The van der Waals surface area contributed by atoms with Crippen LogP contribution in [0.25, 0.3) is 0 Å². The van der Waals surface area contributed by atoms with Gasteiger partial charge in [-0.05, 0) is 39.7 Å². The lowest BCUT2D eigenvalue weighted by atomic mass is 9.96. The quantitative estimate of drug-likeness (QED) is 0.768. The average Bonchev–Trinajstić information content (AvgIpc) is 2.52. The van der Waals surface area contributed by atoms with Crippen LogP contribution < -0.4 is 5.32 Å². The monoisotopic (exact) mass is 339 g/mol. The Morgan fingerprint density at radius 1 is 1.29 bits per heavy atom. The fraction of sp³-hybridized carbons (Fsp3) is 0.706. The van der Waals surface area contributed by atoms with E-state index in [0.29, 0.717) is 39.0 Å². The molecule has 24 heavy (non-hydrogen) atoms. The number of nitrogens with zero attached hydrogens (tertiary/aromatic N) is 2. The lowest BCUT2D eigenvalue weighted by Crippen LogP contribution is -2.44. The van der Waals surface area contributed by atoms with Crippen LogP contribution in [0.5, 0.6) is 0 Å². The van der Waals surface area contributed by atoms with Gasteiger partial charge < -0.3 is 19.9 Å². The van der Waals surface area contributed by atoms with Crippen LogP contribution in [0, 0.1) is 5.92 Å². The van der Waals surface area contributed by atoms with Gasteiger partial charge in [-0.3, -0.25) is 9.59 Å². The minimum Gasteiger partial charge on any atom is -0.444 e. The number of likely N-dealkylation sites (N-methyl/N-ethyl adjacent to an activating group) is 1. The first-order chi connectivity index (χ1) is 11.1. The summed E-state index contributed by atoms with van der Waals surface area (Å²) in [5, 5.41) is 2.85. The Hall–Kier alpha value is -2.05. The molecule has 1 aliphatic rings. The van der Waals surface area contributed by atoms with Crippen LogP contribution in [-0.2, 0) is 14.3 Å². The molecule has 1 aliphatic heterocycles. The number of likely N-dealkylation sites (tertiary alicyclic amines) is 1. The van der Waals surface area contributed by atoms with E-state index in [1.807, 2.05) is 20.8 Å². The first-order valence-corrected chi connectivity index (χ1v) is 8.27. The standard InChI is InChI=1S/C17H29N3O4/c1-6-14(21)20-10-7-13(8-11-20)15(22)18-9-12-19(5)16(23)24-17(2,3)4/h6,13H,1,7-12H2,2-5H3,(H,18,22). The summed E-state index contributed by atoms with van der Waals surface area (Å²) in [6, 6.07) is 0. The summed E-state index contributed by atoms with van der Waals surface area (Å²) in [7, 11) is 1.64. The smallest absolute Gasteiger partial charge is 0.410 e. The van der Waals surface area contributed by atoms with Gasteiger partial charge in [-0.15, -0.1) is 0 Å². The maximum Gasteiger partial charge on any atom is 0.410 e. The zero-order chi connectivity index (χ0) is 18.3. The predicted molar refractivity (Wildman–Crippen MR) is 91.4 cm³/mol. The highest BCUT2D eigenvalue weighted by Gasteiger charge is 2.26. The van der Waals surface area contributed by atoms with Crippen LogP contribution in [0.1, 0.15) is 33.6 Å². The Morgan fingerprint density at radius 2 is 1.88 bits per heavy atom. The van der Waals surface area contributed by atoms with Crippen molar-refractivity contribution in [3.05, 3.63) is 12.7 Å². The van der Waals surface area contributed by atoms with Crippen LogP contribution >= 0.6 is 0 Å². The van der Waals surface area contributed by atoms with Crippen LogP contribution in [0.15, 0.2) is 12.7 Å². The Morgan fingerprint density at radius 3 is 2.38 bits per heavy atom.